The van der Waals surface area contributed by atoms with E-state index in [1.54, 1.807) is 21.6 Å². The molecule has 0 aromatic heterocycles. The van der Waals surface area contributed by atoms with E-state index in [2.05, 4.69) is 5.32 Å². The van der Waals surface area contributed by atoms with E-state index >= 15 is 0 Å². The van der Waals surface area contributed by atoms with Gasteiger partial charge >= 0.3 is 0 Å². The Morgan fingerprint density at radius 2 is 1.78 bits per heavy atom. The number of rotatable bonds is 6. The lowest BCUT2D eigenvalue weighted by atomic mass is 9.99. The molecule has 2 amide bonds. The zero-order valence-electron chi connectivity index (χ0n) is 21.9. The second kappa shape index (κ2) is 11.0. The quantitative estimate of drug-likeness (QED) is 0.595. The first-order valence-electron chi connectivity index (χ1n) is 12.8. The topological polar surface area (TPSA) is 85.4 Å². The molecule has 0 saturated carbocycles. The van der Waals surface area contributed by atoms with Crippen molar-refractivity contribution < 1.29 is 19.4 Å². The van der Waals surface area contributed by atoms with Crippen LogP contribution in [-0.2, 0) is 9.53 Å². The Morgan fingerprint density at radius 1 is 1.08 bits per heavy atom. The summed E-state index contributed by atoms with van der Waals surface area (Å²) in [5.74, 6) is -0.0486. The Labute approximate surface area is 213 Å². The van der Waals surface area contributed by atoms with Crippen molar-refractivity contribution in [3.63, 3.8) is 0 Å². The molecule has 2 aromatic carbocycles. The molecule has 0 spiro atoms. The van der Waals surface area contributed by atoms with Crippen molar-refractivity contribution in [2.75, 3.05) is 29.9 Å². The molecule has 194 valence electrons. The van der Waals surface area contributed by atoms with Crippen LogP contribution in [0.5, 0.6) is 0 Å². The van der Waals surface area contributed by atoms with Gasteiger partial charge in [0.1, 0.15) is 0 Å². The number of piperidine rings is 1. The highest BCUT2D eigenvalue weighted by Gasteiger charge is 2.34. The zero-order valence-corrected chi connectivity index (χ0v) is 21.9. The summed E-state index contributed by atoms with van der Waals surface area (Å²) in [7, 11) is 1.85. The second-order valence-electron chi connectivity index (χ2n) is 10.1. The molecule has 0 bridgehead atoms. The Morgan fingerprint density at radius 3 is 2.39 bits per heavy atom. The summed E-state index contributed by atoms with van der Waals surface area (Å²) in [6.07, 6.45) is 2.03. The average Bonchev–Trinajstić information content (AvgIpc) is 2.87. The largest absolute Gasteiger partial charge is 0.351 e. The van der Waals surface area contributed by atoms with E-state index in [9.17, 15) is 14.7 Å². The number of carbonyl (C=O) groups excluding carboxylic acids is 2. The number of hydrogen-bond acceptors (Lipinski definition) is 6. The van der Waals surface area contributed by atoms with Crippen LogP contribution in [0.4, 0.5) is 11.4 Å². The SMILES string of the molecule is CC(=O)N1c2ccc(-c3ccc(C(=O)N(C)C4CCCCN4)cc3)cc2N(C(O)OC(C)C)C[C@@H]1C. The van der Waals surface area contributed by atoms with Crippen molar-refractivity contribution in [1.29, 1.82) is 0 Å². The number of carbonyl (C=O) groups is 2. The Kier molecular flexibility index (Phi) is 7.97. The number of ether oxygens (including phenoxy) is 1. The third kappa shape index (κ3) is 5.40. The molecule has 1 fully saturated rings. The standard InChI is InChI=1S/C28H38N4O4/c1-18(2)36-28(35)31-17-19(3)32(20(4)33)24-14-13-23(16-25(24)31)21-9-11-22(12-10-21)27(34)30(5)26-8-6-7-15-29-26/h9-14,16,18-19,26,28-29,35H,6-8,15,17H2,1-5H3/t19-,26?,28?/m0/s1. The van der Waals surface area contributed by atoms with Crippen LogP contribution in [0.15, 0.2) is 42.5 Å². The Hall–Kier alpha value is -2.94. The van der Waals surface area contributed by atoms with E-state index in [-0.39, 0.29) is 30.1 Å². The first kappa shape index (κ1) is 26.1. The minimum absolute atomic E-state index is 0.00221. The fourth-order valence-corrected chi connectivity index (χ4v) is 5.16. The number of nitrogens with zero attached hydrogens (tertiary/aromatic N) is 3. The molecule has 8 heteroatoms. The molecule has 8 nitrogen and oxygen atoms in total. The van der Waals surface area contributed by atoms with Gasteiger partial charge in [-0.2, -0.15) is 0 Å². The van der Waals surface area contributed by atoms with Gasteiger partial charge in [0.05, 0.1) is 29.7 Å². The summed E-state index contributed by atoms with van der Waals surface area (Å²) in [5.41, 5.74) is 3.99. The molecule has 1 saturated heterocycles. The van der Waals surface area contributed by atoms with E-state index in [4.69, 9.17) is 4.74 Å². The molecule has 0 aliphatic carbocycles. The lowest BCUT2D eigenvalue weighted by molar-refractivity contribution is -0.127. The normalized spacial score (nSPS) is 20.8. The van der Waals surface area contributed by atoms with Crippen molar-refractivity contribution in [2.45, 2.75) is 71.7 Å². The number of aliphatic hydroxyl groups excluding tert-OH is 1. The van der Waals surface area contributed by atoms with Crippen LogP contribution >= 0.6 is 0 Å². The molecule has 4 rings (SSSR count). The number of aliphatic hydroxyl groups is 1. The number of amides is 2. The summed E-state index contributed by atoms with van der Waals surface area (Å²) in [6, 6.07) is 13.3. The number of anilines is 2. The number of benzene rings is 2. The van der Waals surface area contributed by atoms with Crippen LogP contribution in [-0.4, -0.2) is 66.7 Å². The van der Waals surface area contributed by atoms with Gasteiger partial charge in [0.25, 0.3) is 5.91 Å². The maximum atomic E-state index is 13.0. The van der Waals surface area contributed by atoms with Gasteiger partial charge in [0, 0.05) is 26.1 Å². The van der Waals surface area contributed by atoms with Gasteiger partial charge in [-0.25, -0.2) is 0 Å². The minimum atomic E-state index is -1.13. The summed E-state index contributed by atoms with van der Waals surface area (Å²) >= 11 is 0. The lowest BCUT2D eigenvalue weighted by Crippen LogP contribution is -2.53. The summed E-state index contributed by atoms with van der Waals surface area (Å²) in [5, 5.41) is 14.2. The van der Waals surface area contributed by atoms with Gasteiger partial charge in [-0.3, -0.25) is 14.9 Å². The smallest absolute Gasteiger partial charge is 0.254 e. The van der Waals surface area contributed by atoms with Crippen molar-refractivity contribution in [2.24, 2.45) is 0 Å². The van der Waals surface area contributed by atoms with E-state index < -0.39 is 6.41 Å². The van der Waals surface area contributed by atoms with E-state index in [1.807, 2.05) is 70.3 Å². The van der Waals surface area contributed by atoms with Crippen molar-refractivity contribution in [3.8, 4) is 11.1 Å². The van der Waals surface area contributed by atoms with Gasteiger partial charge in [-0.15, -0.1) is 0 Å². The zero-order chi connectivity index (χ0) is 26.0. The molecular formula is C28H38N4O4. The van der Waals surface area contributed by atoms with E-state index in [1.165, 1.54) is 0 Å². The van der Waals surface area contributed by atoms with Gasteiger partial charge in [-0.1, -0.05) is 18.2 Å². The lowest BCUT2D eigenvalue weighted by Gasteiger charge is -2.43. The average molecular weight is 495 g/mol. The number of hydrogen-bond donors (Lipinski definition) is 2. The highest BCUT2D eigenvalue weighted by atomic mass is 16.6. The molecule has 2 unspecified atom stereocenters. The first-order chi connectivity index (χ1) is 17.2. The molecule has 3 atom stereocenters. The number of fused-ring (bicyclic) bond motifs is 1. The fraction of sp³-hybridized carbons (Fsp3) is 0.500. The Balaban J connectivity index is 1.62. The maximum absolute atomic E-state index is 13.0. The highest BCUT2D eigenvalue weighted by Crippen LogP contribution is 2.40. The van der Waals surface area contributed by atoms with Crippen LogP contribution < -0.4 is 15.1 Å². The van der Waals surface area contributed by atoms with Gasteiger partial charge in [-0.05, 0) is 82.0 Å². The molecule has 2 aromatic rings. The number of nitrogens with one attached hydrogen (secondary N) is 1. The molecular weight excluding hydrogens is 456 g/mol. The summed E-state index contributed by atoms with van der Waals surface area (Å²) in [4.78, 5) is 30.8. The van der Waals surface area contributed by atoms with Gasteiger partial charge < -0.3 is 24.5 Å². The fourth-order valence-electron chi connectivity index (χ4n) is 5.16. The van der Waals surface area contributed by atoms with Crippen molar-refractivity contribution >= 4 is 23.2 Å². The monoisotopic (exact) mass is 494 g/mol. The van der Waals surface area contributed by atoms with E-state index in [0.717, 1.165) is 48.3 Å². The Bertz CT molecular complexity index is 1080. The third-order valence-corrected chi connectivity index (χ3v) is 6.98. The molecule has 2 aliphatic heterocycles. The summed E-state index contributed by atoms with van der Waals surface area (Å²) in [6.45, 7) is 8.65. The van der Waals surface area contributed by atoms with Gasteiger partial charge in [0.15, 0.2) is 0 Å². The molecule has 2 heterocycles. The van der Waals surface area contributed by atoms with Crippen LogP contribution in [0, 0.1) is 0 Å². The third-order valence-electron chi connectivity index (χ3n) is 6.98. The second-order valence-corrected chi connectivity index (χ2v) is 10.1. The predicted octanol–water partition coefficient (Wildman–Crippen LogP) is 3.79. The van der Waals surface area contributed by atoms with Crippen LogP contribution in [0.3, 0.4) is 0 Å². The predicted molar refractivity (Wildman–Crippen MR) is 142 cm³/mol. The van der Waals surface area contributed by atoms with Crippen LogP contribution in [0.1, 0.15) is 57.3 Å². The highest BCUT2D eigenvalue weighted by molar-refractivity contribution is 5.98. The minimum Gasteiger partial charge on any atom is -0.351 e. The molecule has 2 N–H and O–H groups in total. The van der Waals surface area contributed by atoms with E-state index in [0.29, 0.717) is 12.1 Å². The van der Waals surface area contributed by atoms with Crippen molar-refractivity contribution in [3.05, 3.63) is 48.0 Å². The van der Waals surface area contributed by atoms with Crippen molar-refractivity contribution in [1.82, 2.24) is 10.2 Å². The first-order valence-corrected chi connectivity index (χ1v) is 12.8. The maximum Gasteiger partial charge on any atom is 0.254 e. The van der Waals surface area contributed by atoms with Gasteiger partial charge in [0.2, 0.25) is 12.3 Å². The van der Waals surface area contributed by atoms with Crippen LogP contribution in [0.25, 0.3) is 11.1 Å². The molecule has 2 aliphatic rings. The summed E-state index contributed by atoms with van der Waals surface area (Å²) < 4.78 is 5.68. The van der Waals surface area contributed by atoms with Crippen LogP contribution in [0.2, 0.25) is 0 Å². The molecule has 36 heavy (non-hydrogen) atoms. The molecule has 0 radical (unpaired) electrons.